The molecular weight excluding hydrogens is 388 g/mol. The molecule has 4 nitrogen and oxygen atoms in total. The molecule has 4 fully saturated rings. The van der Waals surface area contributed by atoms with Gasteiger partial charge in [0.15, 0.2) is 0 Å². The summed E-state index contributed by atoms with van der Waals surface area (Å²) in [5.74, 6) is 2.44. The van der Waals surface area contributed by atoms with E-state index in [9.17, 15) is 20.4 Å². The second-order valence-corrected chi connectivity index (χ2v) is 13.2. The second-order valence-electron chi connectivity index (χ2n) is 13.2. The van der Waals surface area contributed by atoms with E-state index in [0.717, 1.165) is 64.2 Å². The predicted octanol–water partition coefficient (Wildman–Crippen LogP) is 4.53. The third-order valence-corrected chi connectivity index (χ3v) is 11.0. The van der Waals surface area contributed by atoms with E-state index in [-0.39, 0.29) is 29.1 Å². The number of rotatable bonds is 5. The maximum atomic E-state index is 11.6. The molecule has 4 heteroatoms. The highest BCUT2D eigenvalue weighted by atomic mass is 16.3. The average molecular weight is 437 g/mol. The zero-order chi connectivity index (χ0) is 22.8. The number of hydrogen-bond donors (Lipinski definition) is 4. The molecule has 0 aromatic rings. The summed E-state index contributed by atoms with van der Waals surface area (Å²) < 4.78 is 0. The zero-order valence-electron chi connectivity index (χ0n) is 20.6. The quantitative estimate of drug-likeness (QED) is 0.511. The van der Waals surface area contributed by atoms with Crippen LogP contribution in [0, 0.1) is 46.3 Å². The summed E-state index contributed by atoms with van der Waals surface area (Å²) in [5.41, 5.74) is -0.583. The maximum Gasteiger partial charge on any atom is 0.0602 e. The Bertz CT molecular complexity index is 644. The van der Waals surface area contributed by atoms with Gasteiger partial charge in [-0.15, -0.1) is 0 Å². The highest BCUT2D eigenvalue weighted by molar-refractivity contribution is 5.14. The van der Waals surface area contributed by atoms with Crippen LogP contribution in [0.15, 0.2) is 0 Å². The minimum atomic E-state index is -0.606. The molecule has 180 valence electrons. The van der Waals surface area contributed by atoms with Crippen LogP contribution >= 0.6 is 0 Å². The fourth-order valence-electron chi connectivity index (χ4n) is 9.19. The molecule has 0 saturated heterocycles. The van der Waals surface area contributed by atoms with Crippen molar-refractivity contribution < 1.29 is 20.4 Å². The van der Waals surface area contributed by atoms with Gasteiger partial charge in [0, 0.05) is 0 Å². The zero-order valence-corrected chi connectivity index (χ0v) is 20.6. The fourth-order valence-corrected chi connectivity index (χ4v) is 9.19. The van der Waals surface area contributed by atoms with E-state index >= 15 is 0 Å². The van der Waals surface area contributed by atoms with Crippen LogP contribution in [0.2, 0.25) is 0 Å². The number of fused-ring (bicyclic) bond motifs is 5. The van der Waals surface area contributed by atoms with Crippen molar-refractivity contribution in [2.75, 3.05) is 0 Å². The Hall–Kier alpha value is -0.160. The molecule has 31 heavy (non-hydrogen) atoms. The Morgan fingerprint density at radius 3 is 2.35 bits per heavy atom. The average Bonchev–Trinajstić information content (AvgIpc) is 3.01. The first-order chi connectivity index (χ1) is 14.4. The van der Waals surface area contributed by atoms with Crippen molar-refractivity contribution in [3.8, 4) is 0 Å². The van der Waals surface area contributed by atoms with Gasteiger partial charge in [-0.3, -0.25) is 0 Å². The van der Waals surface area contributed by atoms with Crippen molar-refractivity contribution in [1.29, 1.82) is 0 Å². The first kappa shape index (κ1) is 24.0. The minimum Gasteiger partial charge on any atom is -0.393 e. The molecule has 0 spiro atoms. The number of aliphatic hydroxyl groups is 4. The Morgan fingerprint density at radius 2 is 1.68 bits per heavy atom. The summed E-state index contributed by atoms with van der Waals surface area (Å²) >= 11 is 0. The summed E-state index contributed by atoms with van der Waals surface area (Å²) in [6, 6.07) is 0. The standard InChI is InChI=1S/C27H48O4/c1-16(7-6-11-25(2,3)31)19-8-9-20-24-21(15-23(30)27(19,20)5)26(4)12-10-18(28)13-17(26)14-22(24)29/h16-24,28-31H,6-15H2,1-5H3/t16-,17?,18?,19-,20?,21+,22?,23?,24+,26+,27-/m1/s1. The van der Waals surface area contributed by atoms with Crippen LogP contribution in [0.25, 0.3) is 0 Å². The SMILES string of the molecule is C[C@H](CCCC(C)(C)O)[C@H]1CCC2[C@@H]3C(O)CC4CC(O)CC[C@]4(C)[C@H]3CC(O)[C@@]21C. The highest BCUT2D eigenvalue weighted by Gasteiger charge is 2.65. The summed E-state index contributed by atoms with van der Waals surface area (Å²) in [6.07, 6.45) is 8.73. The molecule has 0 radical (unpaired) electrons. The highest BCUT2D eigenvalue weighted by Crippen LogP contribution is 2.68. The van der Waals surface area contributed by atoms with E-state index < -0.39 is 5.60 Å². The molecule has 4 N–H and O–H groups in total. The first-order valence-electron chi connectivity index (χ1n) is 13.1. The van der Waals surface area contributed by atoms with Gasteiger partial charge in [0.25, 0.3) is 0 Å². The van der Waals surface area contributed by atoms with Gasteiger partial charge in [0.1, 0.15) is 0 Å². The Labute approximate surface area is 189 Å². The third kappa shape index (κ3) is 4.02. The van der Waals surface area contributed by atoms with Crippen LogP contribution in [0.4, 0.5) is 0 Å². The fraction of sp³-hybridized carbons (Fsp3) is 1.00. The third-order valence-electron chi connectivity index (χ3n) is 11.0. The smallest absolute Gasteiger partial charge is 0.0602 e. The lowest BCUT2D eigenvalue weighted by Crippen LogP contribution is -2.62. The molecule has 4 rings (SSSR count). The van der Waals surface area contributed by atoms with Gasteiger partial charge in [-0.25, -0.2) is 0 Å². The maximum absolute atomic E-state index is 11.6. The molecule has 0 heterocycles. The molecular formula is C27H48O4. The summed E-state index contributed by atoms with van der Waals surface area (Å²) in [6.45, 7) is 10.8. The van der Waals surface area contributed by atoms with Crippen LogP contribution in [0.1, 0.15) is 98.8 Å². The normalized spacial score (nSPS) is 51.0. The molecule has 11 atom stereocenters. The summed E-state index contributed by atoms with van der Waals surface area (Å²) in [5, 5.41) is 43.3. The van der Waals surface area contributed by atoms with E-state index in [1.807, 2.05) is 13.8 Å². The molecule has 4 saturated carbocycles. The van der Waals surface area contributed by atoms with Crippen LogP contribution < -0.4 is 0 Å². The molecule has 0 bridgehead atoms. The predicted molar refractivity (Wildman–Crippen MR) is 123 cm³/mol. The van der Waals surface area contributed by atoms with E-state index in [1.165, 1.54) is 0 Å². The van der Waals surface area contributed by atoms with Crippen molar-refractivity contribution in [2.45, 2.75) is 123 Å². The van der Waals surface area contributed by atoms with E-state index in [4.69, 9.17) is 0 Å². The minimum absolute atomic E-state index is 0.117. The lowest BCUT2D eigenvalue weighted by atomic mass is 9.43. The summed E-state index contributed by atoms with van der Waals surface area (Å²) in [4.78, 5) is 0. The topological polar surface area (TPSA) is 80.9 Å². The van der Waals surface area contributed by atoms with Gasteiger partial charge in [-0.2, -0.15) is 0 Å². The van der Waals surface area contributed by atoms with Crippen molar-refractivity contribution in [2.24, 2.45) is 46.3 Å². The van der Waals surface area contributed by atoms with Gasteiger partial charge < -0.3 is 20.4 Å². The molecule has 0 aliphatic heterocycles. The van der Waals surface area contributed by atoms with Crippen molar-refractivity contribution in [1.82, 2.24) is 0 Å². The van der Waals surface area contributed by atoms with Crippen LogP contribution in [0.5, 0.6) is 0 Å². The van der Waals surface area contributed by atoms with Gasteiger partial charge in [-0.1, -0.05) is 33.6 Å². The molecule has 0 aromatic carbocycles. The lowest BCUT2D eigenvalue weighted by molar-refractivity contribution is -0.207. The second kappa shape index (κ2) is 8.25. The van der Waals surface area contributed by atoms with Crippen LogP contribution in [-0.2, 0) is 0 Å². The van der Waals surface area contributed by atoms with E-state index in [0.29, 0.717) is 35.5 Å². The first-order valence-corrected chi connectivity index (χ1v) is 13.1. The number of hydrogen-bond acceptors (Lipinski definition) is 4. The van der Waals surface area contributed by atoms with Gasteiger partial charge in [0.2, 0.25) is 0 Å². The van der Waals surface area contributed by atoms with Crippen molar-refractivity contribution in [3.05, 3.63) is 0 Å². The Balaban J connectivity index is 1.54. The Kier molecular flexibility index (Phi) is 6.38. The largest absolute Gasteiger partial charge is 0.393 e. The van der Waals surface area contributed by atoms with Crippen LogP contribution in [0.3, 0.4) is 0 Å². The number of aliphatic hydroxyl groups excluding tert-OH is 3. The Morgan fingerprint density at radius 1 is 0.968 bits per heavy atom. The molecule has 0 aromatic heterocycles. The van der Waals surface area contributed by atoms with Gasteiger partial charge in [-0.05, 0) is 112 Å². The lowest BCUT2D eigenvalue weighted by Gasteiger charge is -2.63. The summed E-state index contributed by atoms with van der Waals surface area (Å²) in [7, 11) is 0. The van der Waals surface area contributed by atoms with E-state index in [1.54, 1.807) is 0 Å². The monoisotopic (exact) mass is 436 g/mol. The van der Waals surface area contributed by atoms with Crippen molar-refractivity contribution >= 4 is 0 Å². The molecule has 5 unspecified atom stereocenters. The molecule has 4 aliphatic rings. The van der Waals surface area contributed by atoms with Gasteiger partial charge >= 0.3 is 0 Å². The van der Waals surface area contributed by atoms with Crippen LogP contribution in [-0.4, -0.2) is 44.3 Å². The van der Waals surface area contributed by atoms with E-state index in [2.05, 4.69) is 20.8 Å². The van der Waals surface area contributed by atoms with Gasteiger partial charge in [0.05, 0.1) is 23.9 Å². The molecule has 4 aliphatic carbocycles. The molecule has 0 amide bonds. The van der Waals surface area contributed by atoms with Crippen molar-refractivity contribution in [3.63, 3.8) is 0 Å².